The molecular weight excluding hydrogens is 463 g/mol. The fourth-order valence-electron chi connectivity index (χ4n) is 4.77. The van der Waals surface area contributed by atoms with Gasteiger partial charge >= 0.3 is 0 Å². The molecule has 0 unspecified atom stereocenters. The molecule has 0 spiro atoms. The van der Waals surface area contributed by atoms with Gasteiger partial charge in [-0.15, -0.1) is 0 Å². The van der Waals surface area contributed by atoms with Crippen LogP contribution in [-0.2, 0) is 17.9 Å². The molecule has 1 amide bonds. The fourth-order valence-corrected chi connectivity index (χ4v) is 4.77. The Labute approximate surface area is 216 Å². The molecule has 0 fully saturated rings. The number of para-hydroxylation sites is 1. The van der Waals surface area contributed by atoms with Gasteiger partial charge in [-0.2, -0.15) is 0 Å². The molecule has 4 nitrogen and oxygen atoms in total. The SMILES string of the molecule is COc1ccc(Cn2cc([C@@H](CC(=O)NCc3ccccc3)c3ccc(F)cc3)c3ccccc32)cc1. The number of aromatic nitrogens is 1. The van der Waals surface area contributed by atoms with Gasteiger partial charge in [0.25, 0.3) is 0 Å². The Balaban J connectivity index is 1.48. The van der Waals surface area contributed by atoms with Crippen molar-refractivity contribution in [3.8, 4) is 5.75 Å². The van der Waals surface area contributed by atoms with Crippen molar-refractivity contribution in [2.45, 2.75) is 25.4 Å². The number of nitrogens with one attached hydrogen (secondary N) is 1. The maximum absolute atomic E-state index is 13.8. The third-order valence-corrected chi connectivity index (χ3v) is 6.70. The number of hydrogen-bond donors (Lipinski definition) is 1. The van der Waals surface area contributed by atoms with Crippen molar-refractivity contribution < 1.29 is 13.9 Å². The number of ether oxygens (including phenoxy) is 1. The number of carbonyl (C=O) groups is 1. The lowest BCUT2D eigenvalue weighted by Gasteiger charge is -2.17. The van der Waals surface area contributed by atoms with Crippen LogP contribution >= 0.6 is 0 Å². The molecular formula is C32H29FN2O2. The van der Waals surface area contributed by atoms with Crippen molar-refractivity contribution >= 4 is 16.8 Å². The van der Waals surface area contributed by atoms with Gasteiger partial charge in [0.2, 0.25) is 5.91 Å². The zero-order valence-corrected chi connectivity index (χ0v) is 20.7. The Morgan fingerprint density at radius 3 is 2.30 bits per heavy atom. The van der Waals surface area contributed by atoms with Gasteiger partial charge in [-0.05, 0) is 52.6 Å². The summed E-state index contributed by atoms with van der Waals surface area (Å²) in [5, 5.41) is 4.14. The number of hydrogen-bond acceptors (Lipinski definition) is 2. The summed E-state index contributed by atoms with van der Waals surface area (Å²) in [6.45, 7) is 1.15. The van der Waals surface area contributed by atoms with Gasteiger partial charge in [0, 0.05) is 42.5 Å². The first-order valence-electron chi connectivity index (χ1n) is 12.4. The van der Waals surface area contributed by atoms with Crippen LogP contribution in [0.3, 0.4) is 0 Å². The second-order valence-corrected chi connectivity index (χ2v) is 9.15. The topological polar surface area (TPSA) is 43.3 Å². The molecule has 0 bridgehead atoms. The van der Waals surface area contributed by atoms with Gasteiger partial charge in [0.05, 0.1) is 7.11 Å². The molecule has 1 aromatic heterocycles. The third-order valence-electron chi connectivity index (χ3n) is 6.70. The number of halogens is 1. The smallest absolute Gasteiger partial charge is 0.221 e. The Hall–Kier alpha value is -4.38. The maximum atomic E-state index is 13.8. The van der Waals surface area contributed by atoms with Gasteiger partial charge in [-0.25, -0.2) is 4.39 Å². The van der Waals surface area contributed by atoms with Gasteiger partial charge < -0.3 is 14.6 Å². The molecule has 0 aliphatic rings. The van der Waals surface area contributed by atoms with Gasteiger partial charge in [0.15, 0.2) is 0 Å². The summed E-state index contributed by atoms with van der Waals surface area (Å²) in [5.74, 6) is 0.251. The van der Waals surface area contributed by atoms with Crippen molar-refractivity contribution in [1.82, 2.24) is 9.88 Å². The molecule has 1 heterocycles. The largest absolute Gasteiger partial charge is 0.497 e. The van der Waals surface area contributed by atoms with E-state index in [1.807, 2.05) is 54.6 Å². The number of rotatable bonds is 9. The van der Waals surface area contributed by atoms with Crippen molar-refractivity contribution in [2.75, 3.05) is 7.11 Å². The van der Waals surface area contributed by atoms with Crippen LogP contribution in [0.15, 0.2) is 109 Å². The molecule has 5 heteroatoms. The van der Waals surface area contributed by atoms with E-state index in [1.165, 1.54) is 12.1 Å². The maximum Gasteiger partial charge on any atom is 0.221 e. The molecule has 5 rings (SSSR count). The Morgan fingerprint density at radius 2 is 1.57 bits per heavy atom. The Bertz CT molecular complexity index is 1480. The van der Waals surface area contributed by atoms with Crippen molar-refractivity contribution in [3.63, 3.8) is 0 Å². The lowest BCUT2D eigenvalue weighted by molar-refractivity contribution is -0.121. The van der Waals surface area contributed by atoms with Gasteiger partial charge in [-0.3, -0.25) is 4.79 Å². The highest BCUT2D eigenvalue weighted by Crippen LogP contribution is 2.35. The van der Waals surface area contributed by atoms with Crippen LogP contribution in [0.25, 0.3) is 10.9 Å². The van der Waals surface area contributed by atoms with E-state index in [2.05, 4.69) is 40.3 Å². The average Bonchev–Trinajstić information content (AvgIpc) is 3.30. The summed E-state index contributed by atoms with van der Waals surface area (Å²) >= 11 is 0. The van der Waals surface area contributed by atoms with Crippen LogP contribution in [-0.4, -0.2) is 17.6 Å². The van der Waals surface area contributed by atoms with E-state index in [-0.39, 0.29) is 24.1 Å². The van der Waals surface area contributed by atoms with Crippen LogP contribution in [0, 0.1) is 5.82 Å². The predicted molar refractivity (Wildman–Crippen MR) is 145 cm³/mol. The predicted octanol–water partition coefficient (Wildman–Crippen LogP) is 6.68. The summed E-state index contributed by atoms with van der Waals surface area (Å²) in [6.07, 6.45) is 2.39. The normalized spacial score (nSPS) is 11.8. The van der Waals surface area contributed by atoms with Crippen LogP contribution in [0.4, 0.5) is 4.39 Å². The molecule has 0 saturated heterocycles. The molecule has 5 aromatic rings. The van der Waals surface area contributed by atoms with E-state index in [9.17, 15) is 9.18 Å². The van der Waals surface area contributed by atoms with Crippen molar-refractivity contribution in [2.24, 2.45) is 0 Å². The van der Waals surface area contributed by atoms with Gasteiger partial charge in [-0.1, -0.05) is 72.8 Å². The number of amides is 1. The summed E-state index contributed by atoms with van der Waals surface area (Å²) in [7, 11) is 1.66. The highest BCUT2D eigenvalue weighted by atomic mass is 19.1. The highest BCUT2D eigenvalue weighted by Gasteiger charge is 2.23. The molecule has 1 atom stereocenters. The molecule has 0 saturated carbocycles. The standard InChI is InChI=1S/C32H29FN2O2/c1-37-27-17-11-24(12-18-27)21-35-22-30(28-9-5-6-10-31(28)35)29(25-13-15-26(33)16-14-25)19-32(36)34-20-23-7-3-2-4-8-23/h2-18,22,29H,19-21H2,1H3,(H,34,36)/t29-/m0/s1. The molecule has 0 aliphatic carbocycles. The van der Waals surface area contributed by atoms with E-state index in [0.717, 1.165) is 38.9 Å². The van der Waals surface area contributed by atoms with E-state index in [1.54, 1.807) is 19.2 Å². The highest BCUT2D eigenvalue weighted by molar-refractivity contribution is 5.86. The molecule has 4 aromatic carbocycles. The zero-order valence-electron chi connectivity index (χ0n) is 20.7. The van der Waals surface area contributed by atoms with Crippen LogP contribution in [0.1, 0.15) is 34.6 Å². The summed E-state index contributed by atoms with van der Waals surface area (Å²) in [5.41, 5.74) is 5.23. The zero-order chi connectivity index (χ0) is 25.6. The minimum Gasteiger partial charge on any atom is -0.497 e. The monoisotopic (exact) mass is 492 g/mol. The van der Waals surface area contributed by atoms with E-state index >= 15 is 0 Å². The van der Waals surface area contributed by atoms with Crippen molar-refractivity contribution in [3.05, 3.63) is 137 Å². The second-order valence-electron chi connectivity index (χ2n) is 9.15. The van der Waals surface area contributed by atoms with Gasteiger partial charge in [0.1, 0.15) is 11.6 Å². The van der Waals surface area contributed by atoms with Crippen LogP contribution in [0.5, 0.6) is 5.75 Å². The summed E-state index contributed by atoms with van der Waals surface area (Å²) in [6, 6.07) is 32.6. The quantitative estimate of drug-likeness (QED) is 0.250. The lowest BCUT2D eigenvalue weighted by atomic mass is 9.88. The fraction of sp³-hybridized carbons (Fsp3) is 0.156. The number of carbonyl (C=O) groups excluding carboxylic acids is 1. The second kappa shape index (κ2) is 11.1. The summed E-state index contributed by atoms with van der Waals surface area (Å²) < 4.78 is 21.3. The first kappa shape index (κ1) is 24.3. The minimum absolute atomic E-state index is 0.0508. The lowest BCUT2D eigenvalue weighted by Crippen LogP contribution is -2.25. The van der Waals surface area contributed by atoms with E-state index < -0.39 is 0 Å². The average molecular weight is 493 g/mol. The molecule has 0 radical (unpaired) electrons. The third kappa shape index (κ3) is 5.72. The minimum atomic E-state index is -0.294. The first-order valence-corrected chi connectivity index (χ1v) is 12.4. The number of fused-ring (bicyclic) bond motifs is 1. The molecule has 37 heavy (non-hydrogen) atoms. The van der Waals surface area contributed by atoms with E-state index in [0.29, 0.717) is 13.1 Å². The molecule has 186 valence electrons. The Kier molecular flexibility index (Phi) is 7.31. The van der Waals surface area contributed by atoms with Crippen molar-refractivity contribution in [1.29, 1.82) is 0 Å². The number of methoxy groups -OCH3 is 1. The summed E-state index contributed by atoms with van der Waals surface area (Å²) in [4.78, 5) is 13.1. The van der Waals surface area contributed by atoms with Crippen LogP contribution < -0.4 is 10.1 Å². The van der Waals surface area contributed by atoms with Crippen LogP contribution in [0.2, 0.25) is 0 Å². The number of nitrogens with zero attached hydrogens (tertiary/aromatic N) is 1. The Morgan fingerprint density at radius 1 is 0.865 bits per heavy atom. The number of benzene rings is 4. The first-order chi connectivity index (χ1) is 18.1. The van der Waals surface area contributed by atoms with E-state index in [4.69, 9.17) is 4.74 Å². The molecule has 1 N–H and O–H groups in total. The molecule has 0 aliphatic heterocycles.